The number of hydrazine groups is 1. The Bertz CT molecular complexity index is 750. The molecule has 0 aliphatic carbocycles. The lowest BCUT2D eigenvalue weighted by atomic mass is 10.1. The molecule has 1 heterocycles. The van der Waals surface area contributed by atoms with Crippen molar-refractivity contribution in [2.45, 2.75) is 30.7 Å². The van der Waals surface area contributed by atoms with E-state index in [0.717, 1.165) is 4.90 Å². The fourth-order valence-electron chi connectivity index (χ4n) is 1.88. The Kier molecular flexibility index (Phi) is 6.20. The average Bonchev–Trinajstić information content (AvgIpc) is 2.57. The normalized spacial score (nSPS) is 10.1. The molecule has 0 saturated carbocycles. The van der Waals surface area contributed by atoms with Crippen molar-refractivity contribution < 1.29 is 14.3 Å². The topological polar surface area (TPSA) is 80.3 Å². The fraction of sp³-hybridized carbons (Fsp3) is 0.235. The lowest BCUT2D eigenvalue weighted by Crippen LogP contribution is -2.42. The summed E-state index contributed by atoms with van der Waals surface area (Å²) in [6.07, 6.45) is 0.914. The highest BCUT2D eigenvalue weighted by atomic mass is 32.2. The molecule has 24 heavy (non-hydrogen) atoms. The largest absolute Gasteiger partial charge is 0.449 e. The molecule has 2 N–H and O–H groups in total. The van der Waals surface area contributed by atoms with Crippen molar-refractivity contribution in [3.8, 4) is 0 Å². The molecule has 7 heteroatoms. The van der Waals surface area contributed by atoms with Gasteiger partial charge in [0.1, 0.15) is 5.03 Å². The second-order valence-electron chi connectivity index (χ2n) is 5.00. The number of rotatable bonds is 4. The molecule has 0 aliphatic rings. The minimum Gasteiger partial charge on any atom is -0.449 e. The van der Waals surface area contributed by atoms with Crippen LogP contribution in [0.4, 0.5) is 4.79 Å². The zero-order valence-electron chi connectivity index (χ0n) is 13.8. The lowest BCUT2D eigenvalue weighted by Gasteiger charge is -2.10. The second kappa shape index (κ2) is 8.35. The molecule has 126 valence electrons. The van der Waals surface area contributed by atoms with Gasteiger partial charge in [-0.05, 0) is 56.2 Å². The molecule has 0 atom stereocenters. The molecule has 0 fully saturated rings. The first-order valence-electron chi connectivity index (χ1n) is 7.44. The van der Waals surface area contributed by atoms with Gasteiger partial charge in [0.25, 0.3) is 5.91 Å². The summed E-state index contributed by atoms with van der Waals surface area (Å²) in [4.78, 5) is 28.8. The number of aromatic nitrogens is 1. The predicted octanol–water partition coefficient (Wildman–Crippen LogP) is 3.24. The van der Waals surface area contributed by atoms with E-state index in [1.807, 2.05) is 32.0 Å². The summed E-state index contributed by atoms with van der Waals surface area (Å²) in [5, 5.41) is 0.559. The summed E-state index contributed by atoms with van der Waals surface area (Å²) in [5.74, 6) is -0.456. The number of carbonyl (C=O) groups is 2. The highest BCUT2D eigenvalue weighted by molar-refractivity contribution is 7.99. The van der Waals surface area contributed by atoms with E-state index in [1.165, 1.54) is 22.9 Å². The number of carbonyl (C=O) groups excluding carboxylic acids is 2. The van der Waals surface area contributed by atoms with Gasteiger partial charge < -0.3 is 4.74 Å². The molecule has 1 aromatic heterocycles. The molecule has 6 nitrogen and oxygen atoms in total. The third-order valence-corrected chi connectivity index (χ3v) is 4.27. The second-order valence-corrected chi connectivity index (χ2v) is 6.07. The van der Waals surface area contributed by atoms with Crippen LogP contribution in [0.1, 0.15) is 28.4 Å². The molecule has 0 aliphatic heterocycles. The van der Waals surface area contributed by atoms with Crippen LogP contribution in [-0.2, 0) is 4.74 Å². The Labute approximate surface area is 145 Å². The molecule has 1 aromatic carbocycles. The van der Waals surface area contributed by atoms with Crippen molar-refractivity contribution in [2.75, 3.05) is 6.61 Å². The van der Waals surface area contributed by atoms with Crippen LogP contribution in [0.3, 0.4) is 0 Å². The van der Waals surface area contributed by atoms with E-state index in [-0.39, 0.29) is 6.61 Å². The Morgan fingerprint density at radius 3 is 2.67 bits per heavy atom. The van der Waals surface area contributed by atoms with Crippen molar-refractivity contribution in [1.29, 1.82) is 0 Å². The van der Waals surface area contributed by atoms with Crippen molar-refractivity contribution in [2.24, 2.45) is 0 Å². The average molecular weight is 345 g/mol. The van der Waals surface area contributed by atoms with Gasteiger partial charge in [0.2, 0.25) is 0 Å². The molecular weight excluding hydrogens is 326 g/mol. The molecular formula is C17H19N3O3S. The van der Waals surface area contributed by atoms with Crippen LogP contribution in [0.2, 0.25) is 0 Å². The molecule has 0 saturated heterocycles. The number of benzene rings is 1. The maximum atomic E-state index is 12.3. The quantitative estimate of drug-likeness (QED) is 0.832. The Morgan fingerprint density at radius 2 is 1.96 bits per heavy atom. The minimum absolute atomic E-state index is 0.225. The van der Waals surface area contributed by atoms with E-state index in [9.17, 15) is 9.59 Å². The number of aryl methyl sites for hydroxylation is 2. The van der Waals surface area contributed by atoms with Crippen LogP contribution in [0.25, 0.3) is 0 Å². The number of amides is 2. The van der Waals surface area contributed by atoms with Gasteiger partial charge in [0.15, 0.2) is 0 Å². The monoisotopic (exact) mass is 345 g/mol. The van der Waals surface area contributed by atoms with Crippen molar-refractivity contribution in [3.05, 3.63) is 53.2 Å². The van der Waals surface area contributed by atoms with Crippen molar-refractivity contribution in [3.63, 3.8) is 0 Å². The van der Waals surface area contributed by atoms with Crippen LogP contribution in [0.5, 0.6) is 0 Å². The lowest BCUT2D eigenvalue weighted by molar-refractivity contribution is 0.0909. The number of hydrogen-bond acceptors (Lipinski definition) is 5. The highest BCUT2D eigenvalue weighted by Crippen LogP contribution is 2.29. The Hall–Kier alpha value is -2.54. The van der Waals surface area contributed by atoms with E-state index < -0.39 is 12.0 Å². The molecule has 2 rings (SSSR count). The van der Waals surface area contributed by atoms with E-state index in [4.69, 9.17) is 4.74 Å². The summed E-state index contributed by atoms with van der Waals surface area (Å²) < 4.78 is 4.69. The van der Waals surface area contributed by atoms with E-state index >= 15 is 0 Å². The first-order valence-corrected chi connectivity index (χ1v) is 8.26. The third-order valence-electron chi connectivity index (χ3n) is 3.26. The molecule has 2 amide bonds. The molecule has 0 unspecified atom stereocenters. The van der Waals surface area contributed by atoms with Crippen LogP contribution in [-0.4, -0.2) is 23.6 Å². The number of nitrogens with one attached hydrogen (secondary N) is 2. The van der Waals surface area contributed by atoms with Gasteiger partial charge in [0, 0.05) is 11.1 Å². The van der Waals surface area contributed by atoms with Crippen LogP contribution < -0.4 is 10.9 Å². The standard InChI is InChI=1S/C17H19N3O3S/c1-4-23-17(22)20-19-15(21)14-6-5-9-18-16(14)24-13-8-7-11(2)12(3)10-13/h5-10H,4H2,1-3H3,(H,19,21)(H,20,22). The van der Waals surface area contributed by atoms with E-state index in [2.05, 4.69) is 15.8 Å². The predicted molar refractivity (Wildman–Crippen MR) is 91.9 cm³/mol. The number of pyridine rings is 1. The van der Waals surface area contributed by atoms with Gasteiger partial charge >= 0.3 is 6.09 Å². The van der Waals surface area contributed by atoms with Crippen LogP contribution in [0, 0.1) is 13.8 Å². The van der Waals surface area contributed by atoms with Gasteiger partial charge in [-0.25, -0.2) is 15.2 Å². The Morgan fingerprint density at radius 1 is 1.17 bits per heavy atom. The molecule has 0 radical (unpaired) electrons. The number of nitrogens with zero attached hydrogens (tertiary/aromatic N) is 1. The van der Waals surface area contributed by atoms with Crippen molar-refractivity contribution >= 4 is 23.8 Å². The SMILES string of the molecule is CCOC(=O)NNC(=O)c1cccnc1Sc1ccc(C)c(C)c1. The first-order chi connectivity index (χ1) is 11.5. The van der Waals surface area contributed by atoms with Gasteiger partial charge in [-0.15, -0.1) is 0 Å². The molecule has 0 spiro atoms. The van der Waals surface area contributed by atoms with Gasteiger partial charge in [0.05, 0.1) is 12.2 Å². The number of hydrogen-bond donors (Lipinski definition) is 2. The Balaban J connectivity index is 2.13. The maximum Gasteiger partial charge on any atom is 0.426 e. The van der Waals surface area contributed by atoms with Gasteiger partial charge in [-0.3, -0.25) is 10.2 Å². The molecule has 0 bridgehead atoms. The van der Waals surface area contributed by atoms with Gasteiger partial charge in [-0.1, -0.05) is 17.8 Å². The highest BCUT2D eigenvalue weighted by Gasteiger charge is 2.14. The fourth-order valence-corrected chi connectivity index (χ4v) is 2.86. The van der Waals surface area contributed by atoms with E-state index in [1.54, 1.807) is 25.3 Å². The summed E-state index contributed by atoms with van der Waals surface area (Å²) in [6, 6.07) is 9.39. The van der Waals surface area contributed by atoms with Gasteiger partial charge in [-0.2, -0.15) is 0 Å². The summed E-state index contributed by atoms with van der Waals surface area (Å²) in [7, 11) is 0. The van der Waals surface area contributed by atoms with Crippen LogP contribution >= 0.6 is 11.8 Å². The van der Waals surface area contributed by atoms with E-state index in [0.29, 0.717) is 10.6 Å². The maximum absolute atomic E-state index is 12.3. The minimum atomic E-state index is -0.710. The smallest absolute Gasteiger partial charge is 0.426 e. The molecule has 2 aromatic rings. The summed E-state index contributed by atoms with van der Waals surface area (Å²) in [6.45, 7) is 5.99. The zero-order valence-corrected chi connectivity index (χ0v) is 14.6. The first kappa shape index (κ1) is 17.8. The van der Waals surface area contributed by atoms with Crippen LogP contribution in [0.15, 0.2) is 46.5 Å². The third kappa shape index (κ3) is 4.73. The number of ether oxygens (including phenoxy) is 1. The summed E-state index contributed by atoms with van der Waals surface area (Å²) >= 11 is 1.39. The summed E-state index contributed by atoms with van der Waals surface area (Å²) in [5.41, 5.74) is 7.26. The van der Waals surface area contributed by atoms with Crippen molar-refractivity contribution in [1.82, 2.24) is 15.8 Å². The zero-order chi connectivity index (χ0) is 17.5.